The van der Waals surface area contributed by atoms with Crippen molar-refractivity contribution in [2.45, 2.75) is 6.92 Å². The molecule has 0 spiro atoms. The molecule has 1 aromatic heterocycles. The minimum absolute atomic E-state index is 0.483. The number of benzene rings is 1. The lowest BCUT2D eigenvalue weighted by Crippen LogP contribution is -1.89. The molecular formula is C13H11NO2. The Morgan fingerprint density at radius 2 is 2.12 bits per heavy atom. The van der Waals surface area contributed by atoms with Gasteiger partial charge in [0.1, 0.15) is 5.75 Å². The molecular weight excluding hydrogens is 202 g/mol. The summed E-state index contributed by atoms with van der Waals surface area (Å²) in [6.07, 6.45) is 2.24. The number of aromatic nitrogens is 1. The highest BCUT2D eigenvalue weighted by atomic mass is 16.5. The van der Waals surface area contributed by atoms with Gasteiger partial charge in [-0.15, -0.1) is 0 Å². The predicted octanol–water partition coefficient (Wildman–Crippen LogP) is 2.99. The van der Waals surface area contributed by atoms with Crippen molar-refractivity contribution in [3.05, 3.63) is 53.7 Å². The van der Waals surface area contributed by atoms with E-state index >= 15 is 0 Å². The minimum Gasteiger partial charge on any atom is -0.439 e. The summed E-state index contributed by atoms with van der Waals surface area (Å²) >= 11 is 0. The first kappa shape index (κ1) is 10.4. The number of ether oxygens (including phenoxy) is 1. The van der Waals surface area contributed by atoms with Crippen LogP contribution in [0.5, 0.6) is 11.6 Å². The molecule has 80 valence electrons. The van der Waals surface area contributed by atoms with E-state index in [4.69, 9.17) is 4.74 Å². The number of pyridine rings is 1. The Kier molecular flexibility index (Phi) is 2.96. The van der Waals surface area contributed by atoms with E-state index in [9.17, 15) is 4.79 Å². The van der Waals surface area contributed by atoms with Crippen molar-refractivity contribution in [2.24, 2.45) is 0 Å². The van der Waals surface area contributed by atoms with Gasteiger partial charge in [-0.2, -0.15) is 0 Å². The maximum atomic E-state index is 10.4. The molecule has 0 bridgehead atoms. The standard InChI is InChI=1S/C13H11NO2/c1-10-3-2-4-12(7-10)16-13-6-5-11(9-15)8-14-13/h2-9H,1H3. The molecule has 0 saturated heterocycles. The second-order valence-electron chi connectivity index (χ2n) is 3.47. The molecule has 3 heteroatoms. The summed E-state index contributed by atoms with van der Waals surface area (Å²) in [5, 5.41) is 0. The molecule has 0 aliphatic rings. The van der Waals surface area contributed by atoms with Crippen LogP contribution in [0.25, 0.3) is 0 Å². The SMILES string of the molecule is Cc1cccc(Oc2ccc(C=O)cn2)c1. The molecule has 0 N–H and O–H groups in total. The minimum atomic E-state index is 0.483. The van der Waals surface area contributed by atoms with Crippen LogP contribution in [0.15, 0.2) is 42.6 Å². The van der Waals surface area contributed by atoms with Crippen LogP contribution in [0.2, 0.25) is 0 Å². The molecule has 3 nitrogen and oxygen atoms in total. The fourth-order valence-electron chi connectivity index (χ4n) is 1.32. The van der Waals surface area contributed by atoms with Gasteiger partial charge in [-0.25, -0.2) is 4.98 Å². The van der Waals surface area contributed by atoms with Gasteiger partial charge < -0.3 is 4.74 Å². The van der Waals surface area contributed by atoms with Crippen molar-refractivity contribution in [3.63, 3.8) is 0 Å². The van der Waals surface area contributed by atoms with E-state index in [1.165, 1.54) is 6.20 Å². The number of hydrogen-bond acceptors (Lipinski definition) is 3. The number of hydrogen-bond donors (Lipinski definition) is 0. The first-order chi connectivity index (χ1) is 7.78. The summed E-state index contributed by atoms with van der Waals surface area (Å²) in [5.41, 5.74) is 1.67. The zero-order valence-electron chi connectivity index (χ0n) is 8.88. The van der Waals surface area contributed by atoms with E-state index in [0.717, 1.165) is 17.6 Å². The van der Waals surface area contributed by atoms with E-state index in [1.54, 1.807) is 12.1 Å². The fourth-order valence-corrected chi connectivity index (χ4v) is 1.32. The molecule has 0 saturated carbocycles. The third-order valence-corrected chi connectivity index (χ3v) is 2.11. The summed E-state index contributed by atoms with van der Waals surface area (Å²) in [4.78, 5) is 14.5. The Labute approximate surface area is 93.7 Å². The molecule has 0 atom stereocenters. The lowest BCUT2D eigenvalue weighted by atomic mass is 10.2. The summed E-state index contributed by atoms with van der Waals surface area (Å²) < 4.78 is 5.53. The zero-order valence-corrected chi connectivity index (χ0v) is 8.88. The smallest absolute Gasteiger partial charge is 0.219 e. The van der Waals surface area contributed by atoms with Crippen LogP contribution >= 0.6 is 0 Å². The van der Waals surface area contributed by atoms with Crippen molar-refractivity contribution in [1.29, 1.82) is 0 Å². The molecule has 0 aliphatic heterocycles. The number of nitrogens with zero attached hydrogens (tertiary/aromatic N) is 1. The highest BCUT2D eigenvalue weighted by molar-refractivity contribution is 5.74. The molecule has 0 unspecified atom stereocenters. The first-order valence-electron chi connectivity index (χ1n) is 4.94. The van der Waals surface area contributed by atoms with E-state index in [2.05, 4.69) is 4.98 Å². The molecule has 16 heavy (non-hydrogen) atoms. The van der Waals surface area contributed by atoms with E-state index < -0.39 is 0 Å². The van der Waals surface area contributed by atoms with Gasteiger partial charge in [0.15, 0.2) is 6.29 Å². The third-order valence-electron chi connectivity index (χ3n) is 2.11. The summed E-state index contributed by atoms with van der Waals surface area (Å²) in [7, 11) is 0. The summed E-state index contributed by atoms with van der Waals surface area (Å²) in [6.45, 7) is 2.00. The Bertz CT molecular complexity index is 492. The number of rotatable bonds is 3. The van der Waals surface area contributed by atoms with Crippen LogP contribution in [-0.2, 0) is 0 Å². The molecule has 0 aliphatic carbocycles. The number of aldehydes is 1. The van der Waals surface area contributed by atoms with Crippen LogP contribution in [0.3, 0.4) is 0 Å². The lowest BCUT2D eigenvalue weighted by Gasteiger charge is -2.04. The van der Waals surface area contributed by atoms with Crippen LogP contribution < -0.4 is 4.74 Å². The molecule has 1 heterocycles. The monoisotopic (exact) mass is 213 g/mol. The van der Waals surface area contributed by atoms with Gasteiger partial charge >= 0.3 is 0 Å². The predicted molar refractivity (Wildman–Crippen MR) is 60.9 cm³/mol. The molecule has 0 fully saturated rings. The number of aryl methyl sites for hydroxylation is 1. The summed E-state index contributed by atoms with van der Waals surface area (Å²) in [6, 6.07) is 11.1. The fraction of sp³-hybridized carbons (Fsp3) is 0.0769. The lowest BCUT2D eigenvalue weighted by molar-refractivity contribution is 0.112. The second-order valence-corrected chi connectivity index (χ2v) is 3.47. The van der Waals surface area contributed by atoms with Crippen LogP contribution in [0, 0.1) is 6.92 Å². The Morgan fingerprint density at radius 3 is 2.75 bits per heavy atom. The van der Waals surface area contributed by atoms with Crippen molar-refractivity contribution in [3.8, 4) is 11.6 Å². The van der Waals surface area contributed by atoms with Gasteiger partial charge in [0.25, 0.3) is 0 Å². The third kappa shape index (κ3) is 2.45. The van der Waals surface area contributed by atoms with Gasteiger partial charge in [0, 0.05) is 17.8 Å². The average molecular weight is 213 g/mol. The van der Waals surface area contributed by atoms with Gasteiger partial charge in [-0.1, -0.05) is 12.1 Å². The van der Waals surface area contributed by atoms with Crippen molar-refractivity contribution < 1.29 is 9.53 Å². The maximum absolute atomic E-state index is 10.4. The highest BCUT2D eigenvalue weighted by Crippen LogP contribution is 2.19. The average Bonchev–Trinajstić information content (AvgIpc) is 2.30. The van der Waals surface area contributed by atoms with Crippen molar-refractivity contribution >= 4 is 6.29 Å². The normalized spacial score (nSPS) is 9.81. The Hall–Kier alpha value is -2.16. The first-order valence-corrected chi connectivity index (χ1v) is 4.94. The largest absolute Gasteiger partial charge is 0.439 e. The molecule has 2 rings (SSSR count). The molecule has 2 aromatic rings. The molecule has 1 aromatic carbocycles. The van der Waals surface area contributed by atoms with Gasteiger partial charge in [-0.3, -0.25) is 4.79 Å². The second kappa shape index (κ2) is 4.57. The van der Waals surface area contributed by atoms with Crippen molar-refractivity contribution in [2.75, 3.05) is 0 Å². The topological polar surface area (TPSA) is 39.2 Å². The maximum Gasteiger partial charge on any atom is 0.219 e. The Morgan fingerprint density at radius 1 is 1.25 bits per heavy atom. The van der Waals surface area contributed by atoms with Crippen molar-refractivity contribution in [1.82, 2.24) is 4.98 Å². The van der Waals surface area contributed by atoms with E-state index in [-0.39, 0.29) is 0 Å². The highest BCUT2D eigenvalue weighted by Gasteiger charge is 1.98. The van der Waals surface area contributed by atoms with Crippen LogP contribution in [-0.4, -0.2) is 11.3 Å². The van der Waals surface area contributed by atoms with Gasteiger partial charge in [0.2, 0.25) is 5.88 Å². The van der Waals surface area contributed by atoms with Crippen LogP contribution in [0.1, 0.15) is 15.9 Å². The van der Waals surface area contributed by atoms with E-state index in [0.29, 0.717) is 11.4 Å². The molecule has 0 radical (unpaired) electrons. The number of carbonyl (C=O) groups excluding carboxylic acids is 1. The molecule has 0 amide bonds. The zero-order chi connectivity index (χ0) is 11.4. The Balaban J connectivity index is 2.17. The van der Waals surface area contributed by atoms with Gasteiger partial charge in [-0.05, 0) is 30.7 Å². The van der Waals surface area contributed by atoms with E-state index in [1.807, 2.05) is 31.2 Å². The number of carbonyl (C=O) groups is 1. The quantitative estimate of drug-likeness (QED) is 0.736. The van der Waals surface area contributed by atoms with Gasteiger partial charge in [0.05, 0.1) is 0 Å². The van der Waals surface area contributed by atoms with Crippen LogP contribution in [0.4, 0.5) is 0 Å². The summed E-state index contributed by atoms with van der Waals surface area (Å²) in [5.74, 6) is 1.22.